The van der Waals surface area contributed by atoms with E-state index in [0.29, 0.717) is 12.3 Å². The molecule has 1 N–H and O–H groups in total. The Morgan fingerprint density at radius 2 is 2.17 bits per heavy atom. The second kappa shape index (κ2) is 4.88. The third-order valence-electron chi connectivity index (χ3n) is 4.32. The monoisotopic (exact) mass is 254 g/mol. The Hall–Kier alpha value is -1.10. The molecule has 0 spiro atoms. The van der Waals surface area contributed by atoms with Crippen molar-refractivity contribution in [3.8, 4) is 0 Å². The fourth-order valence-electron chi connectivity index (χ4n) is 3.64. The van der Waals surface area contributed by atoms with Gasteiger partial charge >= 0.3 is 5.97 Å². The lowest BCUT2D eigenvalue weighted by Crippen LogP contribution is -2.58. The van der Waals surface area contributed by atoms with E-state index in [9.17, 15) is 9.59 Å². The summed E-state index contributed by atoms with van der Waals surface area (Å²) in [5, 5.41) is 2.88. The van der Waals surface area contributed by atoms with Crippen LogP contribution in [0.4, 0.5) is 0 Å². The number of hydrogen-bond acceptors (Lipinski definition) is 4. The molecule has 0 aromatic heterocycles. The Balaban J connectivity index is 2.26. The Labute approximate surface area is 108 Å². The van der Waals surface area contributed by atoms with Crippen molar-refractivity contribution in [3.05, 3.63) is 0 Å². The fourth-order valence-corrected chi connectivity index (χ4v) is 3.64. The first-order valence-electron chi connectivity index (χ1n) is 6.61. The third-order valence-corrected chi connectivity index (χ3v) is 4.32. The van der Waals surface area contributed by atoms with Crippen molar-refractivity contribution < 1.29 is 14.3 Å². The highest BCUT2D eigenvalue weighted by atomic mass is 16.5. The number of amides is 1. The van der Waals surface area contributed by atoms with E-state index in [-0.39, 0.29) is 17.8 Å². The Morgan fingerprint density at radius 3 is 2.72 bits per heavy atom. The van der Waals surface area contributed by atoms with E-state index in [0.717, 1.165) is 26.1 Å². The molecule has 0 aromatic rings. The molecule has 2 fully saturated rings. The van der Waals surface area contributed by atoms with E-state index in [1.165, 1.54) is 14.0 Å². The van der Waals surface area contributed by atoms with Crippen molar-refractivity contribution in [1.29, 1.82) is 0 Å². The highest BCUT2D eigenvalue weighted by Gasteiger charge is 2.56. The number of nitrogens with one attached hydrogen (secondary N) is 1. The van der Waals surface area contributed by atoms with E-state index in [1.54, 1.807) is 0 Å². The first-order valence-corrected chi connectivity index (χ1v) is 6.61. The molecule has 5 nitrogen and oxygen atoms in total. The summed E-state index contributed by atoms with van der Waals surface area (Å²) in [6.07, 6.45) is 1.71. The largest absolute Gasteiger partial charge is 0.467 e. The van der Waals surface area contributed by atoms with Gasteiger partial charge in [-0.1, -0.05) is 6.92 Å². The van der Waals surface area contributed by atoms with Crippen LogP contribution in [-0.2, 0) is 14.3 Å². The molecule has 0 radical (unpaired) electrons. The number of nitrogens with zero attached hydrogens (tertiary/aromatic N) is 1. The van der Waals surface area contributed by atoms with Gasteiger partial charge in [0.2, 0.25) is 5.91 Å². The van der Waals surface area contributed by atoms with E-state index >= 15 is 0 Å². The highest BCUT2D eigenvalue weighted by Crippen LogP contribution is 2.44. The van der Waals surface area contributed by atoms with Gasteiger partial charge in [0.25, 0.3) is 0 Å². The van der Waals surface area contributed by atoms with Crippen LogP contribution in [0.2, 0.25) is 0 Å². The van der Waals surface area contributed by atoms with Gasteiger partial charge in [0.05, 0.1) is 7.11 Å². The van der Waals surface area contributed by atoms with Crippen LogP contribution in [0.5, 0.6) is 0 Å². The smallest absolute Gasteiger partial charge is 0.331 e. The quantitative estimate of drug-likeness (QED) is 0.741. The van der Waals surface area contributed by atoms with Gasteiger partial charge < -0.3 is 15.0 Å². The highest BCUT2D eigenvalue weighted by molar-refractivity contribution is 5.88. The van der Waals surface area contributed by atoms with E-state index in [4.69, 9.17) is 4.74 Å². The molecule has 1 saturated heterocycles. The van der Waals surface area contributed by atoms with Crippen molar-refractivity contribution in [2.75, 3.05) is 26.7 Å². The summed E-state index contributed by atoms with van der Waals surface area (Å²) in [7, 11) is 1.39. The van der Waals surface area contributed by atoms with Crippen molar-refractivity contribution in [2.45, 2.75) is 32.2 Å². The SMILES string of the molecule is CCN1C[C@H]2C[C@@H](C1)[C@](NC(C)=O)(C(=O)OC)C2. The molecule has 2 aliphatic rings. The number of esters is 1. The molecule has 1 aliphatic heterocycles. The maximum absolute atomic E-state index is 12.2. The van der Waals surface area contributed by atoms with E-state index < -0.39 is 5.54 Å². The van der Waals surface area contributed by atoms with Crippen molar-refractivity contribution in [2.24, 2.45) is 11.8 Å². The summed E-state index contributed by atoms with van der Waals surface area (Å²) in [5.74, 6) is 0.210. The minimum atomic E-state index is -0.796. The number of ether oxygens (including phenoxy) is 1. The average Bonchev–Trinajstić information content (AvgIpc) is 2.59. The predicted molar refractivity (Wildman–Crippen MR) is 66.9 cm³/mol. The lowest BCUT2D eigenvalue weighted by atomic mass is 9.86. The van der Waals surface area contributed by atoms with Crippen LogP contribution in [0, 0.1) is 11.8 Å². The van der Waals surface area contributed by atoms with Gasteiger partial charge in [-0.3, -0.25) is 4.79 Å². The summed E-state index contributed by atoms with van der Waals surface area (Å²) in [5.41, 5.74) is -0.796. The standard InChI is InChI=1S/C13H22N2O3/c1-4-15-7-10-5-11(8-15)13(6-10,12(17)18-3)14-9(2)16/h10-11H,4-8H2,1-3H3,(H,14,16)/t10-,11-,13-/m0/s1. The maximum Gasteiger partial charge on any atom is 0.331 e. The summed E-state index contributed by atoms with van der Waals surface area (Å²) in [6.45, 7) is 6.46. The van der Waals surface area contributed by atoms with Gasteiger partial charge in [-0.05, 0) is 25.3 Å². The molecule has 1 aliphatic carbocycles. The zero-order valence-electron chi connectivity index (χ0n) is 11.4. The van der Waals surface area contributed by atoms with Crippen molar-refractivity contribution in [1.82, 2.24) is 10.2 Å². The molecular weight excluding hydrogens is 232 g/mol. The predicted octanol–water partition coefficient (Wildman–Crippen LogP) is 0.396. The fraction of sp³-hybridized carbons (Fsp3) is 0.846. The van der Waals surface area contributed by atoms with Crippen molar-refractivity contribution >= 4 is 11.9 Å². The lowest BCUT2D eigenvalue weighted by molar-refractivity contribution is -0.152. The number of carbonyl (C=O) groups excluding carboxylic acids is 2. The molecule has 102 valence electrons. The normalized spacial score (nSPS) is 35.3. The summed E-state index contributed by atoms with van der Waals surface area (Å²) in [4.78, 5) is 25.9. The molecule has 1 heterocycles. The van der Waals surface area contributed by atoms with Crippen LogP contribution < -0.4 is 5.32 Å². The zero-order chi connectivity index (χ0) is 13.3. The lowest BCUT2D eigenvalue weighted by Gasteiger charge is -2.36. The van der Waals surface area contributed by atoms with Crippen molar-refractivity contribution in [3.63, 3.8) is 0 Å². The molecule has 1 saturated carbocycles. The first-order chi connectivity index (χ1) is 8.51. The van der Waals surface area contributed by atoms with Crippen LogP contribution in [0.15, 0.2) is 0 Å². The van der Waals surface area contributed by atoms with Crippen LogP contribution >= 0.6 is 0 Å². The third kappa shape index (κ3) is 2.11. The number of methoxy groups -OCH3 is 1. The number of carbonyl (C=O) groups is 2. The Bertz CT molecular complexity index is 358. The summed E-state index contributed by atoms with van der Waals surface area (Å²) >= 11 is 0. The number of rotatable bonds is 3. The zero-order valence-corrected chi connectivity index (χ0v) is 11.4. The first kappa shape index (κ1) is 13.3. The second-order valence-electron chi connectivity index (χ2n) is 5.50. The number of hydrogen-bond donors (Lipinski definition) is 1. The van der Waals surface area contributed by atoms with Gasteiger partial charge in [0.1, 0.15) is 5.54 Å². The molecule has 1 amide bonds. The minimum absolute atomic E-state index is 0.156. The second-order valence-corrected chi connectivity index (χ2v) is 5.50. The van der Waals surface area contributed by atoms with Crippen LogP contribution in [-0.4, -0.2) is 49.1 Å². The maximum atomic E-state index is 12.2. The van der Waals surface area contributed by atoms with Crippen LogP contribution in [0.25, 0.3) is 0 Å². The number of likely N-dealkylation sites (tertiary alicyclic amines) is 1. The molecule has 2 rings (SSSR count). The summed E-state index contributed by atoms with van der Waals surface area (Å²) < 4.78 is 4.94. The van der Waals surface area contributed by atoms with Gasteiger partial charge in [-0.2, -0.15) is 0 Å². The van der Waals surface area contributed by atoms with Gasteiger partial charge in [-0.15, -0.1) is 0 Å². The molecule has 5 heteroatoms. The molecule has 18 heavy (non-hydrogen) atoms. The van der Waals surface area contributed by atoms with Crippen LogP contribution in [0.1, 0.15) is 26.7 Å². The molecule has 0 aromatic carbocycles. The Morgan fingerprint density at radius 1 is 1.44 bits per heavy atom. The van der Waals surface area contributed by atoms with Crippen LogP contribution in [0.3, 0.4) is 0 Å². The summed E-state index contributed by atoms with van der Waals surface area (Å²) in [6, 6.07) is 0. The molecule has 0 unspecified atom stereocenters. The Kier molecular flexibility index (Phi) is 3.61. The van der Waals surface area contributed by atoms with E-state index in [1.807, 2.05) is 0 Å². The van der Waals surface area contributed by atoms with E-state index in [2.05, 4.69) is 17.1 Å². The number of fused-ring (bicyclic) bond motifs is 2. The van der Waals surface area contributed by atoms with Gasteiger partial charge in [0.15, 0.2) is 0 Å². The van der Waals surface area contributed by atoms with Gasteiger partial charge in [0, 0.05) is 25.9 Å². The molecule has 3 atom stereocenters. The molecular formula is C13H22N2O3. The topological polar surface area (TPSA) is 58.6 Å². The average molecular weight is 254 g/mol. The minimum Gasteiger partial charge on any atom is -0.467 e. The molecule has 2 bridgehead atoms. The van der Waals surface area contributed by atoms with Gasteiger partial charge in [-0.25, -0.2) is 4.79 Å². The number of piperidine rings is 1.